The number of fused-ring (bicyclic) bond motifs is 2. The third-order valence-corrected chi connectivity index (χ3v) is 6.21. The van der Waals surface area contributed by atoms with E-state index in [9.17, 15) is 9.59 Å². The maximum absolute atomic E-state index is 12.3. The predicted molar refractivity (Wildman–Crippen MR) is 89.3 cm³/mol. The molecule has 2 bridgehead atoms. The van der Waals surface area contributed by atoms with Gasteiger partial charge in [-0.1, -0.05) is 6.42 Å². The standard InChI is InChI=1S/C19H26N2O3/c22-18(12-15-11-13-3-4-14(15)10-13)20-16-5-7-21(8-6-16)19(23)17-2-1-9-24-17/h1-2,9,13-16H,3-8,10-12H2,(H,20,22). The molecule has 2 saturated carbocycles. The largest absolute Gasteiger partial charge is 0.459 e. The van der Waals surface area contributed by atoms with Crippen LogP contribution in [0.25, 0.3) is 0 Å². The zero-order chi connectivity index (χ0) is 16.5. The monoisotopic (exact) mass is 330 g/mol. The quantitative estimate of drug-likeness (QED) is 0.923. The molecular formula is C19H26N2O3. The number of carbonyl (C=O) groups is 2. The fourth-order valence-corrected chi connectivity index (χ4v) is 4.93. The molecule has 3 aliphatic rings. The summed E-state index contributed by atoms with van der Waals surface area (Å²) >= 11 is 0. The molecule has 3 unspecified atom stereocenters. The molecule has 2 amide bonds. The number of carbonyl (C=O) groups excluding carboxylic acids is 2. The minimum atomic E-state index is -0.0493. The van der Waals surface area contributed by atoms with Crippen molar-refractivity contribution in [3.63, 3.8) is 0 Å². The Kier molecular flexibility index (Phi) is 4.33. The molecule has 5 nitrogen and oxygen atoms in total. The summed E-state index contributed by atoms with van der Waals surface area (Å²) in [5.41, 5.74) is 0. The van der Waals surface area contributed by atoms with Gasteiger partial charge in [-0.2, -0.15) is 0 Å². The van der Waals surface area contributed by atoms with Crippen molar-refractivity contribution in [2.75, 3.05) is 13.1 Å². The van der Waals surface area contributed by atoms with Gasteiger partial charge in [0.2, 0.25) is 5.91 Å². The van der Waals surface area contributed by atoms with Crippen molar-refractivity contribution in [3.8, 4) is 0 Å². The van der Waals surface area contributed by atoms with Gasteiger partial charge in [0.05, 0.1) is 6.26 Å². The summed E-state index contributed by atoms with van der Waals surface area (Å²) < 4.78 is 5.18. The number of rotatable bonds is 4. The molecule has 24 heavy (non-hydrogen) atoms. The van der Waals surface area contributed by atoms with Gasteiger partial charge in [0.25, 0.3) is 5.91 Å². The van der Waals surface area contributed by atoms with Crippen LogP contribution in [-0.2, 0) is 4.79 Å². The molecule has 1 saturated heterocycles. The highest BCUT2D eigenvalue weighted by atomic mass is 16.3. The molecular weight excluding hydrogens is 304 g/mol. The molecule has 1 aromatic heterocycles. The number of nitrogens with one attached hydrogen (secondary N) is 1. The molecule has 0 spiro atoms. The molecule has 0 aromatic carbocycles. The maximum Gasteiger partial charge on any atom is 0.289 e. The predicted octanol–water partition coefficient (Wildman–Crippen LogP) is 2.83. The highest BCUT2D eigenvalue weighted by molar-refractivity contribution is 5.91. The Balaban J connectivity index is 1.21. The van der Waals surface area contributed by atoms with Gasteiger partial charge in [-0.05, 0) is 62.0 Å². The van der Waals surface area contributed by atoms with E-state index in [0.717, 1.165) is 24.7 Å². The molecule has 4 rings (SSSR count). The Hall–Kier alpha value is -1.78. The van der Waals surface area contributed by atoms with E-state index in [1.54, 1.807) is 12.1 Å². The van der Waals surface area contributed by atoms with Crippen LogP contribution >= 0.6 is 0 Å². The lowest BCUT2D eigenvalue weighted by Crippen LogP contribution is -2.46. The van der Waals surface area contributed by atoms with Crippen molar-refractivity contribution in [1.82, 2.24) is 10.2 Å². The molecule has 0 radical (unpaired) electrons. The molecule has 1 aliphatic heterocycles. The number of piperidine rings is 1. The Morgan fingerprint density at radius 2 is 2.00 bits per heavy atom. The second-order valence-corrected chi connectivity index (χ2v) is 7.75. The normalized spacial score (nSPS) is 29.8. The van der Waals surface area contributed by atoms with E-state index in [1.165, 1.54) is 31.9 Å². The van der Waals surface area contributed by atoms with Gasteiger partial charge in [0.1, 0.15) is 0 Å². The van der Waals surface area contributed by atoms with Gasteiger partial charge in [0, 0.05) is 25.6 Å². The molecule has 130 valence electrons. The van der Waals surface area contributed by atoms with Crippen LogP contribution in [0.1, 0.15) is 55.5 Å². The second kappa shape index (κ2) is 6.61. The summed E-state index contributed by atoms with van der Waals surface area (Å²) in [6, 6.07) is 3.64. The Morgan fingerprint density at radius 1 is 1.17 bits per heavy atom. The van der Waals surface area contributed by atoms with Crippen molar-refractivity contribution in [2.24, 2.45) is 17.8 Å². The lowest BCUT2D eigenvalue weighted by molar-refractivity contribution is -0.123. The van der Waals surface area contributed by atoms with E-state index in [1.807, 2.05) is 4.90 Å². The fraction of sp³-hybridized carbons (Fsp3) is 0.684. The summed E-state index contributed by atoms with van der Waals surface area (Å²) in [5, 5.41) is 3.20. The summed E-state index contributed by atoms with van der Waals surface area (Å²) in [6.07, 6.45) is 9.20. The van der Waals surface area contributed by atoms with Crippen molar-refractivity contribution >= 4 is 11.8 Å². The van der Waals surface area contributed by atoms with Crippen LogP contribution in [0.5, 0.6) is 0 Å². The van der Waals surface area contributed by atoms with E-state index < -0.39 is 0 Å². The first-order chi connectivity index (χ1) is 11.7. The first-order valence-electron chi connectivity index (χ1n) is 9.31. The van der Waals surface area contributed by atoms with Crippen molar-refractivity contribution < 1.29 is 14.0 Å². The molecule has 2 aliphatic carbocycles. The number of hydrogen-bond acceptors (Lipinski definition) is 3. The van der Waals surface area contributed by atoms with Crippen LogP contribution in [0.2, 0.25) is 0 Å². The Morgan fingerprint density at radius 3 is 2.62 bits per heavy atom. The number of hydrogen-bond donors (Lipinski definition) is 1. The number of amides is 2. The molecule has 1 aromatic rings. The lowest BCUT2D eigenvalue weighted by Gasteiger charge is -2.32. The van der Waals surface area contributed by atoms with Crippen LogP contribution in [0.4, 0.5) is 0 Å². The average molecular weight is 330 g/mol. The van der Waals surface area contributed by atoms with Crippen molar-refractivity contribution in [2.45, 2.75) is 51.0 Å². The number of likely N-dealkylation sites (tertiary alicyclic amines) is 1. The molecule has 1 N–H and O–H groups in total. The fourth-order valence-electron chi connectivity index (χ4n) is 4.93. The zero-order valence-electron chi connectivity index (χ0n) is 14.1. The van der Waals surface area contributed by atoms with Crippen molar-refractivity contribution in [3.05, 3.63) is 24.2 Å². The van der Waals surface area contributed by atoms with Crippen LogP contribution in [0.15, 0.2) is 22.8 Å². The highest BCUT2D eigenvalue weighted by Gasteiger charge is 2.40. The summed E-state index contributed by atoms with van der Waals surface area (Å²) in [6.45, 7) is 1.36. The van der Waals surface area contributed by atoms with Gasteiger partial charge in [0.15, 0.2) is 5.76 Å². The van der Waals surface area contributed by atoms with Gasteiger partial charge in [-0.25, -0.2) is 0 Å². The third-order valence-electron chi connectivity index (χ3n) is 6.21. The Bertz CT molecular complexity index is 590. The van der Waals surface area contributed by atoms with Crippen LogP contribution in [0.3, 0.4) is 0 Å². The van der Waals surface area contributed by atoms with Crippen LogP contribution < -0.4 is 5.32 Å². The number of furan rings is 1. The van der Waals surface area contributed by atoms with Gasteiger partial charge in [-0.3, -0.25) is 9.59 Å². The Labute approximate surface area is 142 Å². The lowest BCUT2D eigenvalue weighted by atomic mass is 9.86. The zero-order valence-corrected chi connectivity index (χ0v) is 14.1. The maximum atomic E-state index is 12.3. The SMILES string of the molecule is O=C(CC1CC2CCC1C2)NC1CCN(C(=O)c2ccco2)CC1. The molecule has 2 heterocycles. The van der Waals surface area contributed by atoms with Crippen molar-refractivity contribution in [1.29, 1.82) is 0 Å². The van der Waals surface area contributed by atoms with Gasteiger partial charge >= 0.3 is 0 Å². The third kappa shape index (κ3) is 3.21. The van der Waals surface area contributed by atoms with Gasteiger partial charge < -0.3 is 14.6 Å². The van der Waals surface area contributed by atoms with Crippen LogP contribution in [-0.4, -0.2) is 35.8 Å². The van der Waals surface area contributed by atoms with E-state index >= 15 is 0 Å². The van der Waals surface area contributed by atoms with E-state index in [0.29, 0.717) is 31.2 Å². The first-order valence-corrected chi connectivity index (χ1v) is 9.31. The minimum Gasteiger partial charge on any atom is -0.459 e. The summed E-state index contributed by atoms with van der Waals surface area (Å²) in [5.74, 6) is 2.87. The smallest absolute Gasteiger partial charge is 0.289 e. The summed E-state index contributed by atoms with van der Waals surface area (Å²) in [4.78, 5) is 26.4. The first kappa shape index (κ1) is 15.7. The minimum absolute atomic E-state index is 0.0493. The topological polar surface area (TPSA) is 62.6 Å². The molecule has 3 fully saturated rings. The average Bonchev–Trinajstić information content (AvgIpc) is 3.32. The van der Waals surface area contributed by atoms with E-state index in [2.05, 4.69) is 5.32 Å². The van der Waals surface area contributed by atoms with E-state index in [-0.39, 0.29) is 17.9 Å². The molecule has 3 atom stereocenters. The summed E-state index contributed by atoms with van der Waals surface area (Å²) in [7, 11) is 0. The number of nitrogens with zero attached hydrogens (tertiary/aromatic N) is 1. The highest BCUT2D eigenvalue weighted by Crippen LogP contribution is 2.49. The second-order valence-electron chi connectivity index (χ2n) is 7.75. The molecule has 5 heteroatoms. The van der Waals surface area contributed by atoms with E-state index in [4.69, 9.17) is 4.42 Å². The van der Waals surface area contributed by atoms with Crippen LogP contribution in [0, 0.1) is 17.8 Å². The van der Waals surface area contributed by atoms with Gasteiger partial charge in [-0.15, -0.1) is 0 Å².